The summed E-state index contributed by atoms with van der Waals surface area (Å²) >= 11 is 0. The number of pyridine rings is 1. The van der Waals surface area contributed by atoms with Crippen molar-refractivity contribution < 1.29 is 16.8 Å². The fraction of sp³-hybridized carbons (Fsp3) is 0. The molecule has 0 saturated carbocycles. The van der Waals surface area contributed by atoms with Crippen molar-refractivity contribution in [2.24, 2.45) is 10.3 Å². The van der Waals surface area contributed by atoms with Crippen molar-refractivity contribution in [1.29, 1.82) is 0 Å². The van der Waals surface area contributed by atoms with Crippen LogP contribution >= 0.6 is 0 Å². The molecule has 0 atom stereocenters. The second-order valence-electron chi connectivity index (χ2n) is 2.85. The number of hydrogen-bond acceptors (Lipinski definition) is 7. The maximum Gasteiger partial charge on any atom is 0.241 e. The van der Waals surface area contributed by atoms with Gasteiger partial charge in [-0.2, -0.15) is 0 Å². The van der Waals surface area contributed by atoms with Crippen molar-refractivity contribution in [2.75, 3.05) is 11.5 Å². The summed E-state index contributed by atoms with van der Waals surface area (Å²) in [5.74, 6) is -0.986. The van der Waals surface area contributed by atoms with E-state index in [0.717, 1.165) is 0 Å². The molecule has 1 rings (SSSR count). The smallest absolute Gasteiger partial charge is 0.241 e. The zero-order chi connectivity index (χ0) is 12.7. The van der Waals surface area contributed by atoms with Crippen molar-refractivity contribution in [3.8, 4) is 0 Å². The second-order valence-corrected chi connectivity index (χ2v) is 5.90. The van der Waals surface area contributed by atoms with Crippen LogP contribution in [0.4, 0.5) is 11.6 Å². The van der Waals surface area contributed by atoms with Crippen molar-refractivity contribution in [1.82, 2.24) is 4.98 Å². The molecule has 0 spiro atoms. The molecule has 9 nitrogen and oxygen atoms in total. The van der Waals surface area contributed by atoms with Crippen LogP contribution in [0.25, 0.3) is 0 Å². The normalized spacial score (nSPS) is 12.6. The van der Waals surface area contributed by atoms with Crippen LogP contribution in [0.3, 0.4) is 0 Å². The van der Waals surface area contributed by atoms with Gasteiger partial charge in [0.2, 0.25) is 20.0 Å². The average molecular weight is 267 g/mol. The highest BCUT2D eigenvalue weighted by Crippen LogP contribution is 2.23. The van der Waals surface area contributed by atoms with E-state index in [9.17, 15) is 16.8 Å². The van der Waals surface area contributed by atoms with E-state index in [1.54, 1.807) is 0 Å². The maximum absolute atomic E-state index is 11.0. The van der Waals surface area contributed by atoms with Gasteiger partial charge in [0, 0.05) is 0 Å². The van der Waals surface area contributed by atoms with Crippen molar-refractivity contribution in [2.45, 2.75) is 9.79 Å². The van der Waals surface area contributed by atoms with Crippen LogP contribution in [-0.2, 0) is 20.0 Å². The summed E-state index contributed by atoms with van der Waals surface area (Å²) in [5.41, 5.74) is 10.5. The quantitative estimate of drug-likeness (QED) is 0.457. The predicted molar refractivity (Wildman–Crippen MR) is 55.8 cm³/mol. The second kappa shape index (κ2) is 3.55. The van der Waals surface area contributed by atoms with Gasteiger partial charge >= 0.3 is 0 Å². The molecule has 0 fully saturated rings. The van der Waals surface area contributed by atoms with Gasteiger partial charge in [0.1, 0.15) is 21.4 Å². The molecule has 8 N–H and O–H groups in total. The highest BCUT2D eigenvalue weighted by molar-refractivity contribution is 7.90. The fourth-order valence-corrected chi connectivity index (χ4v) is 2.28. The number of nitrogen functional groups attached to an aromatic ring is 2. The van der Waals surface area contributed by atoms with E-state index < -0.39 is 41.5 Å². The zero-order valence-electron chi connectivity index (χ0n) is 7.78. The number of primary sulfonamides is 2. The van der Waals surface area contributed by atoms with Crippen LogP contribution in [-0.4, -0.2) is 21.8 Å². The molecule has 90 valence electrons. The molecule has 1 aromatic rings. The number of nitrogens with two attached hydrogens (primary N) is 4. The Kier molecular flexibility index (Phi) is 2.81. The monoisotopic (exact) mass is 267 g/mol. The Bertz CT molecular complexity index is 582. The van der Waals surface area contributed by atoms with Gasteiger partial charge in [-0.25, -0.2) is 32.1 Å². The van der Waals surface area contributed by atoms with Gasteiger partial charge in [0.25, 0.3) is 0 Å². The number of aromatic nitrogens is 1. The van der Waals surface area contributed by atoms with Gasteiger partial charge in [-0.15, -0.1) is 0 Å². The third-order valence-electron chi connectivity index (χ3n) is 1.62. The molecule has 0 unspecified atom stereocenters. The van der Waals surface area contributed by atoms with Gasteiger partial charge < -0.3 is 11.5 Å². The maximum atomic E-state index is 11.0. The Labute approximate surface area is 91.5 Å². The van der Waals surface area contributed by atoms with Gasteiger partial charge in [0.15, 0.2) is 0 Å². The fourth-order valence-electron chi connectivity index (χ4n) is 0.963. The predicted octanol–water partition coefficient (Wildman–Crippen LogP) is -2.46. The number of anilines is 2. The first-order chi connectivity index (χ1) is 7.03. The molecule has 0 aliphatic heterocycles. The molecule has 0 amide bonds. The van der Waals surface area contributed by atoms with Crippen molar-refractivity contribution in [3.05, 3.63) is 6.07 Å². The lowest BCUT2D eigenvalue weighted by Gasteiger charge is -2.07. The van der Waals surface area contributed by atoms with Gasteiger partial charge in [-0.1, -0.05) is 0 Å². The number of hydrogen-bond donors (Lipinski definition) is 4. The molecule has 11 heteroatoms. The minimum absolute atomic E-state index is 0.493. The van der Waals surface area contributed by atoms with Crippen LogP contribution in [0.5, 0.6) is 0 Å². The molecule has 1 heterocycles. The molecule has 1 aromatic heterocycles. The van der Waals surface area contributed by atoms with E-state index in [0.29, 0.717) is 6.07 Å². The van der Waals surface area contributed by atoms with Gasteiger partial charge in [-0.3, -0.25) is 0 Å². The van der Waals surface area contributed by atoms with Crippen LogP contribution in [0, 0.1) is 0 Å². The molecule has 0 bridgehead atoms. The standard InChI is InChI=1S/C5H9N5O4S2/c6-4-2(15(8,11)12)1-3(5(7)10-4)16(9,13)14/h1H,(H4,6,7,10)(H2,8,11,12)(H2,9,13,14). The molecule has 0 aliphatic rings. The van der Waals surface area contributed by atoms with E-state index in [-0.39, 0.29) is 0 Å². The average Bonchev–Trinajstić information content (AvgIpc) is 1.97. The van der Waals surface area contributed by atoms with Gasteiger partial charge in [-0.05, 0) is 6.07 Å². The molecule has 0 aromatic carbocycles. The Balaban J connectivity index is 3.72. The minimum Gasteiger partial charge on any atom is -0.382 e. The SMILES string of the molecule is Nc1nc(N)c(S(N)(=O)=O)cc1S(N)(=O)=O. The van der Waals surface area contributed by atoms with E-state index in [4.69, 9.17) is 21.7 Å². The zero-order valence-corrected chi connectivity index (χ0v) is 9.42. The number of nitrogens with zero attached hydrogens (tertiary/aromatic N) is 1. The number of rotatable bonds is 2. The van der Waals surface area contributed by atoms with E-state index in [1.807, 2.05) is 0 Å². The highest BCUT2D eigenvalue weighted by atomic mass is 32.2. The molecular formula is C5H9N5O4S2. The van der Waals surface area contributed by atoms with Crippen LogP contribution in [0.15, 0.2) is 15.9 Å². The summed E-state index contributed by atoms with van der Waals surface area (Å²) < 4.78 is 44.1. The summed E-state index contributed by atoms with van der Waals surface area (Å²) in [4.78, 5) is 2.05. The lowest BCUT2D eigenvalue weighted by Crippen LogP contribution is -2.20. The molecule has 0 aliphatic carbocycles. The van der Waals surface area contributed by atoms with Crippen LogP contribution in [0.2, 0.25) is 0 Å². The Morgan fingerprint density at radius 1 is 0.875 bits per heavy atom. The third-order valence-corrected chi connectivity index (χ3v) is 3.50. The molecule has 16 heavy (non-hydrogen) atoms. The summed E-state index contributed by atoms with van der Waals surface area (Å²) in [5, 5.41) is 9.59. The lowest BCUT2D eigenvalue weighted by molar-refractivity contribution is 0.596. The summed E-state index contributed by atoms with van der Waals surface area (Å²) in [6, 6.07) is 0.669. The molecular weight excluding hydrogens is 258 g/mol. The first kappa shape index (κ1) is 12.6. The minimum atomic E-state index is -4.20. The Morgan fingerprint density at radius 3 is 1.44 bits per heavy atom. The third kappa shape index (κ3) is 2.38. The highest BCUT2D eigenvalue weighted by Gasteiger charge is 2.21. The largest absolute Gasteiger partial charge is 0.382 e. The first-order valence-electron chi connectivity index (χ1n) is 3.65. The van der Waals surface area contributed by atoms with E-state index in [2.05, 4.69) is 4.98 Å². The topological polar surface area (TPSA) is 185 Å². The van der Waals surface area contributed by atoms with E-state index >= 15 is 0 Å². The Morgan fingerprint density at radius 2 is 1.19 bits per heavy atom. The van der Waals surface area contributed by atoms with Crippen LogP contribution < -0.4 is 21.7 Å². The summed E-state index contributed by atoms with van der Waals surface area (Å²) in [6.45, 7) is 0. The lowest BCUT2D eigenvalue weighted by atomic mass is 10.4. The molecule has 0 radical (unpaired) electrons. The Hall–Kier alpha value is -1.43. The summed E-state index contributed by atoms with van der Waals surface area (Å²) in [7, 11) is -8.39. The van der Waals surface area contributed by atoms with E-state index in [1.165, 1.54) is 0 Å². The van der Waals surface area contributed by atoms with Crippen molar-refractivity contribution >= 4 is 31.7 Å². The first-order valence-corrected chi connectivity index (χ1v) is 6.74. The van der Waals surface area contributed by atoms with Crippen LogP contribution in [0.1, 0.15) is 0 Å². The van der Waals surface area contributed by atoms with Crippen molar-refractivity contribution in [3.63, 3.8) is 0 Å². The summed E-state index contributed by atoms with van der Waals surface area (Å²) in [6.07, 6.45) is 0. The van der Waals surface area contributed by atoms with Gasteiger partial charge in [0.05, 0.1) is 0 Å². The molecule has 0 saturated heterocycles. The number of sulfonamides is 2.